The van der Waals surface area contributed by atoms with Gasteiger partial charge in [-0.2, -0.15) is 0 Å². The predicted molar refractivity (Wildman–Crippen MR) is 77.8 cm³/mol. The van der Waals surface area contributed by atoms with Crippen LogP contribution in [0.2, 0.25) is 0 Å². The summed E-state index contributed by atoms with van der Waals surface area (Å²) in [5.74, 6) is 0.634. The average Bonchev–Trinajstić information content (AvgIpc) is 2.69. The Morgan fingerprint density at radius 1 is 1.63 bits per heavy atom. The Bertz CT molecular complexity index is 431. The lowest BCUT2D eigenvalue weighted by Crippen LogP contribution is -2.54. The average molecular weight is 396 g/mol. The second kappa shape index (κ2) is 6.88. The normalized spacial score (nSPS) is 20.5. The molecule has 1 unspecified atom stereocenters. The van der Waals surface area contributed by atoms with E-state index in [1.807, 2.05) is 13.0 Å². The number of halogens is 2. The van der Waals surface area contributed by atoms with E-state index < -0.39 is 0 Å². The van der Waals surface area contributed by atoms with E-state index in [4.69, 9.17) is 9.15 Å². The summed E-state index contributed by atoms with van der Waals surface area (Å²) >= 11 is 6.70. The molecule has 0 aliphatic carbocycles. The fourth-order valence-electron chi connectivity index (χ4n) is 2.08. The van der Waals surface area contributed by atoms with Crippen molar-refractivity contribution in [2.24, 2.45) is 0 Å². The number of nitrogens with zero attached hydrogens (tertiary/aromatic N) is 1. The highest BCUT2D eigenvalue weighted by Crippen LogP contribution is 2.27. The zero-order valence-corrected chi connectivity index (χ0v) is 13.8. The van der Waals surface area contributed by atoms with Crippen LogP contribution in [0.3, 0.4) is 0 Å². The van der Waals surface area contributed by atoms with Gasteiger partial charge in [-0.1, -0.05) is 0 Å². The molecule has 1 aromatic rings. The number of nitrogens with one attached hydrogen (secondary N) is 1. The fourth-order valence-corrected chi connectivity index (χ4v) is 2.73. The van der Waals surface area contributed by atoms with Gasteiger partial charge in [0.1, 0.15) is 11.8 Å². The molecule has 0 amide bonds. The largest absolute Gasteiger partial charge is 0.465 e. The van der Waals surface area contributed by atoms with Crippen molar-refractivity contribution in [2.75, 3.05) is 26.2 Å². The molecule has 1 aliphatic rings. The Morgan fingerprint density at radius 3 is 3.05 bits per heavy atom. The molecular formula is C12H16Br2N2O3. The lowest BCUT2D eigenvalue weighted by Gasteiger charge is -2.33. The fraction of sp³-hybridized carbons (Fsp3) is 0.583. The molecule has 2 rings (SSSR count). The van der Waals surface area contributed by atoms with Gasteiger partial charge in [-0.3, -0.25) is 9.69 Å². The van der Waals surface area contributed by atoms with Crippen LogP contribution >= 0.6 is 31.9 Å². The molecule has 1 N–H and O–H groups in total. The molecule has 0 saturated carbocycles. The van der Waals surface area contributed by atoms with Crippen LogP contribution in [-0.4, -0.2) is 43.2 Å². The van der Waals surface area contributed by atoms with Crippen LogP contribution in [0, 0.1) is 0 Å². The van der Waals surface area contributed by atoms with Gasteiger partial charge >= 0.3 is 5.97 Å². The summed E-state index contributed by atoms with van der Waals surface area (Å²) in [6.45, 7) is 5.08. The van der Waals surface area contributed by atoms with Crippen molar-refractivity contribution < 1.29 is 13.9 Å². The molecule has 1 aliphatic heterocycles. The highest BCUT2D eigenvalue weighted by molar-refractivity contribution is 9.13. The van der Waals surface area contributed by atoms with Crippen LogP contribution in [0.1, 0.15) is 12.7 Å². The van der Waals surface area contributed by atoms with Gasteiger partial charge in [0.05, 0.1) is 17.6 Å². The summed E-state index contributed by atoms with van der Waals surface area (Å²) < 4.78 is 12.2. The van der Waals surface area contributed by atoms with Gasteiger partial charge in [0.2, 0.25) is 0 Å². The number of furan rings is 1. The van der Waals surface area contributed by atoms with E-state index in [1.54, 1.807) is 0 Å². The van der Waals surface area contributed by atoms with Gasteiger partial charge in [0.15, 0.2) is 4.67 Å². The Labute approximate surface area is 128 Å². The first-order chi connectivity index (χ1) is 9.11. The molecule has 0 bridgehead atoms. The van der Waals surface area contributed by atoms with Crippen LogP contribution in [0.4, 0.5) is 0 Å². The van der Waals surface area contributed by atoms with Gasteiger partial charge < -0.3 is 14.5 Å². The van der Waals surface area contributed by atoms with Crippen molar-refractivity contribution in [3.63, 3.8) is 0 Å². The minimum atomic E-state index is -0.253. The standard InChI is InChI=1S/C12H16Br2N2O3/c1-2-18-12(17)10-6-15-3-4-16(10)7-8-5-9(13)11(14)19-8/h5,10,15H,2-4,6-7H2,1H3. The number of carbonyl (C=O) groups excluding carboxylic acids is 1. The van der Waals surface area contributed by atoms with Gasteiger partial charge in [-0.15, -0.1) is 0 Å². The smallest absolute Gasteiger partial charge is 0.324 e. The van der Waals surface area contributed by atoms with Crippen molar-refractivity contribution in [3.05, 3.63) is 21.0 Å². The Morgan fingerprint density at radius 2 is 2.42 bits per heavy atom. The zero-order valence-electron chi connectivity index (χ0n) is 10.6. The Balaban J connectivity index is 2.05. The van der Waals surface area contributed by atoms with Crippen molar-refractivity contribution in [3.8, 4) is 0 Å². The maximum absolute atomic E-state index is 11.9. The minimum absolute atomic E-state index is 0.181. The highest BCUT2D eigenvalue weighted by Gasteiger charge is 2.30. The predicted octanol–water partition coefficient (Wildman–Crippen LogP) is 2.14. The van der Waals surface area contributed by atoms with Gasteiger partial charge in [-0.25, -0.2) is 0 Å². The van der Waals surface area contributed by atoms with Gasteiger partial charge in [0, 0.05) is 19.6 Å². The SMILES string of the molecule is CCOC(=O)C1CNCCN1Cc1cc(Br)c(Br)o1. The first-order valence-corrected chi connectivity index (χ1v) is 7.75. The molecule has 7 heteroatoms. The third-order valence-electron chi connectivity index (χ3n) is 2.97. The Hall–Kier alpha value is -0.370. The van der Waals surface area contributed by atoms with E-state index in [2.05, 4.69) is 42.1 Å². The minimum Gasteiger partial charge on any atom is -0.465 e. The number of esters is 1. The van der Waals surface area contributed by atoms with E-state index in [1.165, 1.54) is 0 Å². The van der Waals surface area contributed by atoms with Gasteiger partial charge in [0.25, 0.3) is 0 Å². The number of hydrogen-bond donors (Lipinski definition) is 1. The van der Waals surface area contributed by atoms with E-state index >= 15 is 0 Å². The summed E-state index contributed by atoms with van der Waals surface area (Å²) in [4.78, 5) is 14.0. The summed E-state index contributed by atoms with van der Waals surface area (Å²) in [6, 6.07) is 1.66. The Kier molecular flexibility index (Phi) is 5.44. The van der Waals surface area contributed by atoms with E-state index in [0.29, 0.717) is 24.4 Å². The number of ether oxygens (including phenoxy) is 1. The molecule has 1 atom stereocenters. The third-order valence-corrected chi connectivity index (χ3v) is 4.68. The molecule has 1 saturated heterocycles. The molecule has 0 spiro atoms. The molecule has 0 radical (unpaired) electrons. The van der Waals surface area contributed by atoms with Crippen molar-refractivity contribution in [2.45, 2.75) is 19.5 Å². The summed E-state index contributed by atoms with van der Waals surface area (Å²) in [5, 5.41) is 3.21. The monoisotopic (exact) mass is 394 g/mol. The van der Waals surface area contributed by atoms with E-state index in [-0.39, 0.29) is 12.0 Å². The van der Waals surface area contributed by atoms with E-state index in [9.17, 15) is 4.79 Å². The highest BCUT2D eigenvalue weighted by atomic mass is 79.9. The van der Waals surface area contributed by atoms with Crippen molar-refractivity contribution >= 4 is 37.8 Å². The van der Waals surface area contributed by atoms with Crippen molar-refractivity contribution in [1.29, 1.82) is 0 Å². The second-order valence-electron chi connectivity index (χ2n) is 4.28. The first-order valence-electron chi connectivity index (χ1n) is 6.17. The molecule has 1 fully saturated rings. The second-order valence-corrected chi connectivity index (χ2v) is 5.85. The zero-order chi connectivity index (χ0) is 13.8. The topological polar surface area (TPSA) is 54.7 Å². The van der Waals surface area contributed by atoms with Crippen molar-refractivity contribution in [1.82, 2.24) is 10.2 Å². The molecule has 0 aromatic carbocycles. The third kappa shape index (κ3) is 3.81. The van der Waals surface area contributed by atoms with Crippen LogP contribution in [-0.2, 0) is 16.1 Å². The number of piperazine rings is 1. The summed E-state index contributed by atoms with van der Waals surface area (Å²) in [6.07, 6.45) is 0. The van der Waals surface area contributed by atoms with Crippen LogP contribution < -0.4 is 5.32 Å². The lowest BCUT2D eigenvalue weighted by molar-refractivity contribution is -0.150. The van der Waals surface area contributed by atoms with Crippen LogP contribution in [0.15, 0.2) is 19.6 Å². The number of carbonyl (C=O) groups is 1. The molecule has 1 aromatic heterocycles. The maximum Gasteiger partial charge on any atom is 0.324 e. The summed E-state index contributed by atoms with van der Waals surface area (Å²) in [7, 11) is 0. The molecule has 19 heavy (non-hydrogen) atoms. The van der Waals surface area contributed by atoms with Crippen LogP contribution in [0.5, 0.6) is 0 Å². The van der Waals surface area contributed by atoms with E-state index in [0.717, 1.165) is 23.3 Å². The molecule has 106 valence electrons. The summed E-state index contributed by atoms with van der Waals surface area (Å²) in [5.41, 5.74) is 0. The molecular weight excluding hydrogens is 380 g/mol. The maximum atomic E-state index is 11.9. The van der Waals surface area contributed by atoms with Crippen LogP contribution in [0.25, 0.3) is 0 Å². The van der Waals surface area contributed by atoms with Gasteiger partial charge in [-0.05, 0) is 44.8 Å². The quantitative estimate of drug-likeness (QED) is 0.791. The molecule has 5 nitrogen and oxygen atoms in total. The number of rotatable bonds is 4. The lowest BCUT2D eigenvalue weighted by atomic mass is 10.2. The molecule has 2 heterocycles. The first kappa shape index (κ1) is 15.0. The number of hydrogen-bond acceptors (Lipinski definition) is 5.